The van der Waals surface area contributed by atoms with Crippen molar-refractivity contribution in [1.29, 1.82) is 0 Å². The zero-order chi connectivity index (χ0) is 20.6. The van der Waals surface area contributed by atoms with Crippen LogP contribution in [-0.4, -0.2) is 66.2 Å². The molecule has 1 N–H and O–H groups in total. The van der Waals surface area contributed by atoms with Gasteiger partial charge >= 0.3 is 0 Å². The first-order valence-electron chi connectivity index (χ1n) is 10.5. The summed E-state index contributed by atoms with van der Waals surface area (Å²) in [4.78, 5) is 16.4. The third kappa shape index (κ3) is 6.58. The lowest BCUT2D eigenvalue weighted by Crippen LogP contribution is -2.39. The number of carbonyl (C=O) groups excluding carboxylic acids is 1. The molecule has 0 aliphatic carbocycles. The fraction of sp³-hybridized carbons (Fsp3) is 0.458. The summed E-state index contributed by atoms with van der Waals surface area (Å²) >= 11 is 0. The lowest BCUT2D eigenvalue weighted by molar-refractivity contribution is 0.0703. The Morgan fingerprint density at radius 2 is 1.79 bits per heavy atom. The second-order valence-electron chi connectivity index (χ2n) is 7.95. The highest BCUT2D eigenvalue weighted by Crippen LogP contribution is 2.20. The number of ether oxygens (including phenoxy) is 1. The average Bonchev–Trinajstić information content (AvgIpc) is 2.73. The Morgan fingerprint density at radius 3 is 2.41 bits per heavy atom. The summed E-state index contributed by atoms with van der Waals surface area (Å²) in [6, 6.07) is 18.0. The molecule has 156 valence electrons. The molecule has 5 heteroatoms. The number of aliphatic hydroxyl groups is 1. The molecule has 1 fully saturated rings. The number of rotatable bonds is 8. The van der Waals surface area contributed by atoms with Crippen molar-refractivity contribution in [1.82, 2.24) is 9.80 Å². The Bertz CT molecular complexity index is 753. The Hall–Kier alpha value is -2.37. The van der Waals surface area contributed by atoms with Crippen molar-refractivity contribution < 1.29 is 14.6 Å². The van der Waals surface area contributed by atoms with Crippen LogP contribution in [0.2, 0.25) is 0 Å². The van der Waals surface area contributed by atoms with Gasteiger partial charge in [-0.25, -0.2) is 0 Å². The minimum absolute atomic E-state index is 0.0934. The number of nitrogens with zero attached hydrogens (tertiary/aromatic N) is 2. The summed E-state index contributed by atoms with van der Waals surface area (Å²) < 4.78 is 6.13. The number of amides is 1. The smallest absolute Gasteiger partial charge is 0.253 e. The minimum atomic E-state index is -0.537. The first-order chi connectivity index (χ1) is 14.0. The van der Waals surface area contributed by atoms with Gasteiger partial charge in [0.15, 0.2) is 0 Å². The van der Waals surface area contributed by atoms with E-state index in [0.717, 1.165) is 44.6 Å². The number of hydrogen-bond donors (Lipinski definition) is 1. The SMILES string of the molecule is C[C@@H](O)CN(C)C(=O)c1ccc(OC2CCN(CCc3ccccc3)CC2)cc1. The van der Waals surface area contributed by atoms with E-state index < -0.39 is 6.10 Å². The van der Waals surface area contributed by atoms with Crippen LogP contribution in [0.4, 0.5) is 0 Å². The zero-order valence-electron chi connectivity index (χ0n) is 17.5. The van der Waals surface area contributed by atoms with Crippen LogP contribution >= 0.6 is 0 Å². The van der Waals surface area contributed by atoms with E-state index in [9.17, 15) is 9.90 Å². The largest absolute Gasteiger partial charge is 0.490 e. The summed E-state index contributed by atoms with van der Waals surface area (Å²) in [7, 11) is 1.70. The van der Waals surface area contributed by atoms with Crippen molar-refractivity contribution >= 4 is 5.91 Å². The van der Waals surface area contributed by atoms with Crippen LogP contribution in [0, 0.1) is 0 Å². The van der Waals surface area contributed by atoms with Crippen LogP contribution in [-0.2, 0) is 6.42 Å². The Kier molecular flexibility index (Phi) is 7.67. The number of aliphatic hydroxyl groups excluding tert-OH is 1. The van der Waals surface area contributed by atoms with Crippen LogP contribution < -0.4 is 4.74 Å². The predicted molar refractivity (Wildman–Crippen MR) is 115 cm³/mol. The number of benzene rings is 2. The summed E-state index contributed by atoms with van der Waals surface area (Å²) in [5, 5.41) is 9.44. The first kappa shape index (κ1) is 21.3. The van der Waals surface area contributed by atoms with E-state index in [1.165, 1.54) is 10.5 Å². The fourth-order valence-corrected chi connectivity index (χ4v) is 3.75. The maximum Gasteiger partial charge on any atom is 0.253 e. The molecule has 1 aliphatic rings. The van der Waals surface area contributed by atoms with Gasteiger partial charge < -0.3 is 19.6 Å². The second-order valence-corrected chi connectivity index (χ2v) is 7.95. The first-order valence-corrected chi connectivity index (χ1v) is 10.5. The van der Waals surface area contributed by atoms with Gasteiger partial charge in [0.2, 0.25) is 0 Å². The lowest BCUT2D eigenvalue weighted by Gasteiger charge is -2.32. The molecular formula is C24H32N2O3. The molecule has 1 aliphatic heterocycles. The Morgan fingerprint density at radius 1 is 1.14 bits per heavy atom. The summed E-state index contributed by atoms with van der Waals surface area (Å²) in [5.41, 5.74) is 2.00. The van der Waals surface area contributed by atoms with Gasteiger partial charge in [-0.15, -0.1) is 0 Å². The summed E-state index contributed by atoms with van der Waals surface area (Å²) in [5.74, 6) is 0.714. The summed E-state index contributed by atoms with van der Waals surface area (Å²) in [6.07, 6.45) is 2.82. The summed E-state index contributed by atoms with van der Waals surface area (Å²) in [6.45, 7) is 5.19. The van der Waals surface area contributed by atoms with Crippen LogP contribution in [0.5, 0.6) is 5.75 Å². The molecule has 0 unspecified atom stereocenters. The number of carbonyl (C=O) groups is 1. The average molecular weight is 397 g/mol. The zero-order valence-corrected chi connectivity index (χ0v) is 17.5. The maximum atomic E-state index is 12.4. The molecule has 0 aromatic heterocycles. The molecular weight excluding hydrogens is 364 g/mol. The number of likely N-dealkylation sites (N-methyl/N-ethyl adjacent to an activating group) is 1. The minimum Gasteiger partial charge on any atom is -0.490 e. The highest BCUT2D eigenvalue weighted by molar-refractivity contribution is 5.94. The second kappa shape index (κ2) is 10.4. The van der Waals surface area contributed by atoms with Gasteiger partial charge in [-0.2, -0.15) is 0 Å². The van der Waals surface area contributed by atoms with Crippen molar-refractivity contribution in [2.75, 3.05) is 33.2 Å². The molecule has 0 spiro atoms. The molecule has 1 amide bonds. The van der Waals surface area contributed by atoms with Gasteiger partial charge in [0.05, 0.1) is 6.10 Å². The Labute approximate surface area is 173 Å². The van der Waals surface area contributed by atoms with E-state index in [0.29, 0.717) is 12.1 Å². The molecule has 1 atom stereocenters. The van der Waals surface area contributed by atoms with Crippen molar-refractivity contribution in [3.05, 3.63) is 65.7 Å². The lowest BCUT2D eigenvalue weighted by atomic mass is 10.1. The Balaban J connectivity index is 1.42. The molecule has 3 rings (SSSR count). The molecule has 5 nitrogen and oxygen atoms in total. The van der Waals surface area contributed by atoms with Crippen LogP contribution in [0.25, 0.3) is 0 Å². The van der Waals surface area contributed by atoms with Gasteiger partial charge in [-0.1, -0.05) is 30.3 Å². The third-order valence-electron chi connectivity index (χ3n) is 5.38. The molecule has 1 heterocycles. The molecule has 2 aromatic carbocycles. The molecule has 0 radical (unpaired) electrons. The fourth-order valence-electron chi connectivity index (χ4n) is 3.75. The van der Waals surface area contributed by atoms with Crippen molar-refractivity contribution in [2.45, 2.75) is 38.4 Å². The van der Waals surface area contributed by atoms with Crippen molar-refractivity contribution in [3.63, 3.8) is 0 Å². The van der Waals surface area contributed by atoms with E-state index in [1.54, 1.807) is 26.1 Å². The number of hydrogen-bond acceptors (Lipinski definition) is 4. The van der Waals surface area contributed by atoms with Crippen LogP contribution in [0.1, 0.15) is 35.7 Å². The monoisotopic (exact) mass is 396 g/mol. The van der Waals surface area contributed by atoms with E-state index in [4.69, 9.17) is 4.74 Å². The quantitative estimate of drug-likeness (QED) is 0.744. The van der Waals surface area contributed by atoms with E-state index >= 15 is 0 Å². The van der Waals surface area contributed by atoms with Gasteiger partial charge in [-0.05, 0) is 56.0 Å². The highest BCUT2D eigenvalue weighted by atomic mass is 16.5. The van der Waals surface area contributed by atoms with Gasteiger partial charge in [0, 0.05) is 38.8 Å². The van der Waals surface area contributed by atoms with E-state index in [-0.39, 0.29) is 12.0 Å². The van der Waals surface area contributed by atoms with E-state index in [1.807, 2.05) is 12.1 Å². The maximum absolute atomic E-state index is 12.4. The third-order valence-corrected chi connectivity index (χ3v) is 5.38. The van der Waals surface area contributed by atoms with Gasteiger partial charge in [0.25, 0.3) is 5.91 Å². The molecule has 0 saturated carbocycles. The topological polar surface area (TPSA) is 53.0 Å². The number of piperidine rings is 1. The predicted octanol–water partition coefficient (Wildman–Crippen LogP) is 3.23. The van der Waals surface area contributed by atoms with Crippen molar-refractivity contribution in [3.8, 4) is 5.75 Å². The van der Waals surface area contributed by atoms with Gasteiger partial charge in [-0.3, -0.25) is 4.79 Å². The normalized spacial score (nSPS) is 16.4. The molecule has 29 heavy (non-hydrogen) atoms. The van der Waals surface area contributed by atoms with Crippen LogP contribution in [0.15, 0.2) is 54.6 Å². The van der Waals surface area contributed by atoms with Crippen molar-refractivity contribution in [2.24, 2.45) is 0 Å². The van der Waals surface area contributed by atoms with Gasteiger partial charge in [0.1, 0.15) is 11.9 Å². The van der Waals surface area contributed by atoms with E-state index in [2.05, 4.69) is 35.2 Å². The molecule has 0 bridgehead atoms. The molecule has 2 aromatic rings. The molecule has 1 saturated heterocycles. The standard InChI is InChI=1S/C24H32N2O3/c1-19(27)18-25(2)24(28)21-8-10-22(11-9-21)29-23-13-16-26(17-14-23)15-12-20-6-4-3-5-7-20/h3-11,19,23,27H,12-18H2,1-2H3/t19-/m1/s1. The van der Waals surface area contributed by atoms with Crippen LogP contribution in [0.3, 0.4) is 0 Å². The highest BCUT2D eigenvalue weighted by Gasteiger charge is 2.20. The number of likely N-dealkylation sites (tertiary alicyclic amines) is 1.